The second-order valence-corrected chi connectivity index (χ2v) is 11.5. The molecule has 7 nitrogen and oxygen atoms in total. The maximum atomic E-state index is 13.6. The summed E-state index contributed by atoms with van der Waals surface area (Å²) in [5, 5.41) is 6.92. The van der Waals surface area contributed by atoms with Gasteiger partial charge in [0.2, 0.25) is 0 Å². The number of anilines is 3. The number of nitrogens with one attached hydrogen (secondary N) is 3. The Labute approximate surface area is 196 Å². The second-order valence-electron chi connectivity index (χ2n) is 8.29. The standard InChI is InChI=1S/C23H29F3N5O2P/c1-4-27-18-13-20(30-22-21(18)16(14-28-22)23(24,25)26)29-17-7-6-15(12-19(17)33-3)34(32)10-8-31(5-2)9-11-34/h6-7,12-14H,4-5,8-11H2,1-3H3,(H3,27,28,29,30). The van der Waals surface area contributed by atoms with Crippen molar-refractivity contribution in [2.75, 3.05) is 56.2 Å². The molecule has 1 fully saturated rings. The van der Waals surface area contributed by atoms with Gasteiger partial charge in [0.1, 0.15) is 24.4 Å². The lowest BCUT2D eigenvalue weighted by atomic mass is 10.1. The molecular formula is C23H29F3N5O2P. The number of halogens is 3. The van der Waals surface area contributed by atoms with E-state index in [1.54, 1.807) is 18.2 Å². The number of hydrogen-bond donors (Lipinski definition) is 3. The summed E-state index contributed by atoms with van der Waals surface area (Å²) in [6.07, 6.45) is -2.30. The van der Waals surface area contributed by atoms with Crippen molar-refractivity contribution in [3.8, 4) is 5.75 Å². The zero-order valence-electron chi connectivity index (χ0n) is 19.4. The Morgan fingerprint density at radius 3 is 2.53 bits per heavy atom. The molecule has 3 heterocycles. The number of nitrogens with zero attached hydrogens (tertiary/aromatic N) is 2. The topological polar surface area (TPSA) is 82.3 Å². The van der Waals surface area contributed by atoms with Crippen LogP contribution in [-0.4, -0.2) is 60.5 Å². The van der Waals surface area contributed by atoms with Crippen LogP contribution < -0.4 is 20.7 Å². The van der Waals surface area contributed by atoms with Gasteiger partial charge in [0.25, 0.3) is 0 Å². The Morgan fingerprint density at radius 2 is 1.91 bits per heavy atom. The van der Waals surface area contributed by atoms with Gasteiger partial charge in [-0.15, -0.1) is 0 Å². The van der Waals surface area contributed by atoms with Crippen LogP contribution in [0.25, 0.3) is 11.0 Å². The van der Waals surface area contributed by atoms with Gasteiger partial charge in [-0.05, 0) is 31.7 Å². The first-order valence-corrected chi connectivity index (χ1v) is 13.4. The first kappa shape index (κ1) is 24.4. The Morgan fingerprint density at radius 1 is 1.18 bits per heavy atom. The highest BCUT2D eigenvalue weighted by Gasteiger charge is 2.35. The number of H-pyrrole nitrogens is 1. The predicted octanol–water partition coefficient (Wildman–Crippen LogP) is 5.09. The fourth-order valence-electron chi connectivity index (χ4n) is 4.33. The molecule has 2 aromatic heterocycles. The second kappa shape index (κ2) is 9.50. The molecule has 4 rings (SSSR count). The number of fused-ring (bicyclic) bond motifs is 1. The van der Waals surface area contributed by atoms with E-state index in [-0.39, 0.29) is 11.0 Å². The maximum Gasteiger partial charge on any atom is 0.418 e. The zero-order valence-corrected chi connectivity index (χ0v) is 20.3. The molecule has 0 unspecified atom stereocenters. The number of aromatic nitrogens is 2. The molecule has 0 radical (unpaired) electrons. The lowest BCUT2D eigenvalue weighted by Crippen LogP contribution is -2.36. The number of rotatable bonds is 7. The number of aromatic amines is 1. The van der Waals surface area contributed by atoms with Gasteiger partial charge in [-0.1, -0.05) is 6.92 Å². The SMILES string of the molecule is CCNc1cc(Nc2ccc(P3(=O)CCN(CC)CC3)cc2OC)nc2[nH]cc(C(F)(F)F)c12. The summed E-state index contributed by atoms with van der Waals surface area (Å²) in [5.41, 5.74) is 0.266. The number of alkyl halides is 3. The molecule has 34 heavy (non-hydrogen) atoms. The Kier molecular flexibility index (Phi) is 6.82. The van der Waals surface area contributed by atoms with Crippen molar-refractivity contribution < 1.29 is 22.5 Å². The van der Waals surface area contributed by atoms with E-state index >= 15 is 0 Å². The minimum atomic E-state index is -4.50. The van der Waals surface area contributed by atoms with Crippen molar-refractivity contribution in [2.45, 2.75) is 20.0 Å². The Bertz CT molecular complexity index is 1220. The number of methoxy groups -OCH3 is 1. The molecule has 3 N–H and O–H groups in total. The molecular weight excluding hydrogens is 466 g/mol. The fraction of sp³-hybridized carbons (Fsp3) is 0.435. The van der Waals surface area contributed by atoms with Gasteiger partial charge in [-0.25, -0.2) is 4.98 Å². The van der Waals surface area contributed by atoms with Crippen molar-refractivity contribution in [1.82, 2.24) is 14.9 Å². The van der Waals surface area contributed by atoms with Crippen molar-refractivity contribution >= 4 is 40.7 Å². The molecule has 0 aliphatic carbocycles. The molecule has 1 saturated heterocycles. The zero-order chi connectivity index (χ0) is 24.5. The number of benzene rings is 1. The van der Waals surface area contributed by atoms with E-state index in [2.05, 4.69) is 32.4 Å². The normalized spacial score (nSPS) is 16.5. The summed E-state index contributed by atoms with van der Waals surface area (Å²) in [7, 11) is -0.979. The lowest BCUT2D eigenvalue weighted by Gasteiger charge is -2.31. The monoisotopic (exact) mass is 495 g/mol. The van der Waals surface area contributed by atoms with E-state index in [1.165, 1.54) is 7.11 Å². The van der Waals surface area contributed by atoms with Gasteiger partial charge in [0, 0.05) is 55.2 Å². The molecule has 1 aliphatic rings. The first-order chi connectivity index (χ1) is 16.2. The van der Waals surface area contributed by atoms with E-state index in [9.17, 15) is 17.7 Å². The summed E-state index contributed by atoms with van der Waals surface area (Å²) < 4.78 is 59.5. The highest BCUT2D eigenvalue weighted by Crippen LogP contribution is 2.47. The molecule has 1 aromatic carbocycles. The summed E-state index contributed by atoms with van der Waals surface area (Å²) in [4.78, 5) is 9.26. The third-order valence-electron chi connectivity index (χ3n) is 6.24. The van der Waals surface area contributed by atoms with Crippen LogP contribution in [0.5, 0.6) is 5.75 Å². The highest BCUT2D eigenvalue weighted by molar-refractivity contribution is 7.71. The fourth-order valence-corrected chi connectivity index (χ4v) is 6.98. The minimum Gasteiger partial charge on any atom is -0.495 e. The van der Waals surface area contributed by atoms with Gasteiger partial charge in [-0.3, -0.25) is 0 Å². The van der Waals surface area contributed by atoms with Crippen LogP contribution in [0.1, 0.15) is 19.4 Å². The largest absolute Gasteiger partial charge is 0.495 e. The number of hydrogen-bond acceptors (Lipinski definition) is 6. The van der Waals surface area contributed by atoms with Gasteiger partial charge in [0.05, 0.1) is 23.7 Å². The molecule has 184 valence electrons. The molecule has 11 heteroatoms. The van der Waals surface area contributed by atoms with Crippen LogP contribution in [0.2, 0.25) is 0 Å². The molecule has 0 spiro atoms. The molecule has 0 atom stereocenters. The van der Waals surface area contributed by atoms with Crippen LogP contribution in [0.4, 0.5) is 30.4 Å². The molecule has 1 aliphatic heterocycles. The van der Waals surface area contributed by atoms with E-state index in [1.807, 2.05) is 13.0 Å². The number of pyridine rings is 1. The summed E-state index contributed by atoms with van der Waals surface area (Å²) in [6, 6.07) is 6.97. The van der Waals surface area contributed by atoms with Crippen molar-refractivity contribution in [3.05, 3.63) is 36.0 Å². The van der Waals surface area contributed by atoms with Gasteiger partial charge < -0.3 is 29.8 Å². The molecule has 0 bridgehead atoms. The van der Waals surface area contributed by atoms with Gasteiger partial charge in [-0.2, -0.15) is 13.2 Å². The first-order valence-electron chi connectivity index (χ1n) is 11.3. The summed E-state index contributed by atoms with van der Waals surface area (Å²) in [6.45, 7) is 6.93. The molecule has 0 amide bonds. The van der Waals surface area contributed by atoms with Gasteiger partial charge in [0.15, 0.2) is 0 Å². The summed E-state index contributed by atoms with van der Waals surface area (Å²) in [5.74, 6) is 0.855. The van der Waals surface area contributed by atoms with Crippen molar-refractivity contribution in [1.29, 1.82) is 0 Å². The van der Waals surface area contributed by atoms with E-state index in [0.29, 0.717) is 41.8 Å². The average Bonchev–Trinajstić information content (AvgIpc) is 3.25. The molecule has 0 saturated carbocycles. The number of ether oxygens (including phenoxy) is 1. The predicted molar refractivity (Wildman–Crippen MR) is 131 cm³/mol. The third-order valence-corrected chi connectivity index (χ3v) is 9.30. The van der Waals surface area contributed by atoms with Crippen molar-refractivity contribution in [2.24, 2.45) is 0 Å². The van der Waals surface area contributed by atoms with Crippen LogP contribution in [0.15, 0.2) is 30.5 Å². The molecule has 3 aromatic rings. The lowest BCUT2D eigenvalue weighted by molar-refractivity contribution is -0.136. The third kappa shape index (κ3) is 4.74. The van der Waals surface area contributed by atoms with Crippen molar-refractivity contribution in [3.63, 3.8) is 0 Å². The van der Waals surface area contributed by atoms with Gasteiger partial charge >= 0.3 is 6.18 Å². The minimum absolute atomic E-state index is 0.00117. The Balaban J connectivity index is 1.66. The summed E-state index contributed by atoms with van der Waals surface area (Å²) >= 11 is 0. The maximum absolute atomic E-state index is 13.6. The van der Waals surface area contributed by atoms with Crippen LogP contribution in [0.3, 0.4) is 0 Å². The van der Waals surface area contributed by atoms with Crippen LogP contribution >= 0.6 is 7.14 Å². The van der Waals surface area contributed by atoms with E-state index in [0.717, 1.165) is 31.1 Å². The highest BCUT2D eigenvalue weighted by atomic mass is 31.2. The Hall–Kier alpha value is -2.71. The van der Waals surface area contributed by atoms with Crippen LogP contribution in [0, 0.1) is 0 Å². The smallest absolute Gasteiger partial charge is 0.418 e. The van der Waals surface area contributed by atoms with E-state index < -0.39 is 18.9 Å². The average molecular weight is 495 g/mol. The van der Waals surface area contributed by atoms with Crippen LogP contribution in [-0.2, 0) is 10.7 Å². The quantitative estimate of drug-likeness (QED) is 0.396. The van der Waals surface area contributed by atoms with E-state index in [4.69, 9.17) is 4.74 Å².